The topological polar surface area (TPSA) is 120 Å². The minimum Gasteiger partial charge on any atom is -0.387 e. The average Bonchev–Trinajstić information content (AvgIpc) is 2.96. The summed E-state index contributed by atoms with van der Waals surface area (Å²) in [6, 6.07) is 1.60. The highest BCUT2D eigenvalue weighted by Crippen LogP contribution is 2.07. The Labute approximate surface area is 111 Å². The zero-order chi connectivity index (χ0) is 13.6. The molecule has 96 valence electrons. The molecule has 0 atom stereocenters. The van der Waals surface area contributed by atoms with Crippen LogP contribution in [-0.4, -0.2) is 39.3 Å². The minimum absolute atomic E-state index is 0.104. The van der Waals surface area contributed by atoms with Crippen molar-refractivity contribution in [2.75, 3.05) is 0 Å². The normalized spacial score (nSPS) is 11.0. The molecular weight excluding hydrogens is 268 g/mol. The number of nitrogens with zero attached hydrogens (tertiary/aromatic N) is 6. The van der Waals surface area contributed by atoms with Crippen LogP contribution in [0.25, 0.3) is 11.5 Å². The van der Waals surface area contributed by atoms with Gasteiger partial charge in [-0.2, -0.15) is 5.10 Å². The molecule has 0 bridgehead atoms. The van der Waals surface area contributed by atoms with Crippen molar-refractivity contribution < 1.29 is 0 Å². The van der Waals surface area contributed by atoms with Gasteiger partial charge in [-0.3, -0.25) is 0 Å². The molecule has 0 spiro atoms. The van der Waals surface area contributed by atoms with Gasteiger partial charge in [0, 0.05) is 6.07 Å². The van der Waals surface area contributed by atoms with Crippen LogP contribution in [0.4, 0.5) is 0 Å². The lowest BCUT2D eigenvalue weighted by molar-refractivity contribution is 0.814. The Balaban J connectivity index is 2.19. The summed E-state index contributed by atoms with van der Waals surface area (Å²) in [4.78, 5) is 19.8. The second-order valence-electron chi connectivity index (χ2n) is 3.76. The highest BCUT2D eigenvalue weighted by Gasteiger charge is 2.10. The number of hydrogen-bond acceptors (Lipinski definition) is 6. The van der Waals surface area contributed by atoms with Crippen molar-refractivity contribution in [3.05, 3.63) is 34.5 Å². The Morgan fingerprint density at radius 1 is 1.53 bits per heavy atom. The highest BCUT2D eigenvalue weighted by atomic mass is 32.1. The first-order chi connectivity index (χ1) is 9.06. The minimum atomic E-state index is -0.339. The van der Waals surface area contributed by atoms with E-state index in [0.717, 1.165) is 0 Å². The number of aryl methyl sites for hydroxylation is 1. The second-order valence-corrected chi connectivity index (χ2v) is 4.20. The molecule has 0 aliphatic heterocycles. The Morgan fingerprint density at radius 3 is 3.00 bits per heavy atom. The van der Waals surface area contributed by atoms with Crippen molar-refractivity contribution in [2.45, 2.75) is 6.92 Å². The molecule has 3 N–H and O–H groups in total. The van der Waals surface area contributed by atoms with Crippen LogP contribution in [0, 0.1) is 6.92 Å². The number of nitrogens with two attached hydrogens (primary N) is 1. The first kappa shape index (κ1) is 11.5. The summed E-state index contributed by atoms with van der Waals surface area (Å²) in [5, 5.41) is 10.3. The number of nitrogens with one attached hydrogen (secondary N) is 1. The number of fused-ring (bicyclic) bond motifs is 1. The zero-order valence-electron chi connectivity index (χ0n) is 9.73. The predicted molar refractivity (Wildman–Crippen MR) is 69.1 cm³/mol. The fourth-order valence-electron chi connectivity index (χ4n) is 1.69. The van der Waals surface area contributed by atoms with E-state index in [1.54, 1.807) is 13.0 Å². The molecule has 0 radical (unpaired) electrons. The second kappa shape index (κ2) is 3.95. The molecule has 3 aromatic rings. The van der Waals surface area contributed by atoms with Crippen LogP contribution in [0.3, 0.4) is 0 Å². The summed E-state index contributed by atoms with van der Waals surface area (Å²) < 4.78 is 2.77. The van der Waals surface area contributed by atoms with E-state index in [1.165, 1.54) is 15.4 Å². The molecule has 0 aliphatic rings. The summed E-state index contributed by atoms with van der Waals surface area (Å²) in [6.07, 6.45) is 1.44. The maximum atomic E-state index is 11.5. The lowest BCUT2D eigenvalue weighted by Crippen LogP contribution is -2.15. The molecule has 19 heavy (non-hydrogen) atoms. The van der Waals surface area contributed by atoms with Crippen molar-refractivity contribution in [1.29, 1.82) is 0 Å². The third kappa shape index (κ3) is 1.78. The van der Waals surface area contributed by atoms with Crippen LogP contribution in [0.15, 0.2) is 17.2 Å². The molecule has 9 nitrogen and oxygen atoms in total. The molecule has 3 rings (SSSR count). The first-order valence-electron chi connectivity index (χ1n) is 5.23. The lowest BCUT2D eigenvalue weighted by Gasteiger charge is -2.02. The molecule has 0 aromatic carbocycles. The number of rotatable bonds is 2. The largest absolute Gasteiger partial charge is 0.387 e. The van der Waals surface area contributed by atoms with Crippen LogP contribution in [0.5, 0.6) is 0 Å². The predicted octanol–water partition coefficient (Wildman–Crippen LogP) is -1.06. The van der Waals surface area contributed by atoms with E-state index in [4.69, 9.17) is 18.0 Å². The quantitative estimate of drug-likeness (QED) is 0.572. The lowest BCUT2D eigenvalue weighted by atomic mass is 10.5. The van der Waals surface area contributed by atoms with Gasteiger partial charge in [0.05, 0.1) is 0 Å². The van der Waals surface area contributed by atoms with Crippen molar-refractivity contribution in [2.24, 2.45) is 5.73 Å². The maximum absolute atomic E-state index is 11.5. The molecule has 3 aromatic heterocycles. The van der Waals surface area contributed by atoms with Gasteiger partial charge < -0.3 is 5.73 Å². The van der Waals surface area contributed by atoms with Gasteiger partial charge in [0.15, 0.2) is 11.5 Å². The van der Waals surface area contributed by atoms with E-state index in [2.05, 4.69) is 25.3 Å². The van der Waals surface area contributed by atoms with Gasteiger partial charge in [0.25, 0.3) is 0 Å². The summed E-state index contributed by atoms with van der Waals surface area (Å²) >= 11 is 4.79. The van der Waals surface area contributed by atoms with Crippen LogP contribution < -0.4 is 11.4 Å². The molecule has 0 fully saturated rings. The fourth-order valence-corrected chi connectivity index (χ4v) is 1.78. The Hall–Kier alpha value is -2.62. The summed E-state index contributed by atoms with van der Waals surface area (Å²) in [5.41, 5.74) is 5.54. The van der Waals surface area contributed by atoms with Gasteiger partial charge in [0.1, 0.15) is 17.1 Å². The van der Waals surface area contributed by atoms with Crippen molar-refractivity contribution in [1.82, 2.24) is 34.3 Å². The van der Waals surface area contributed by atoms with Crippen molar-refractivity contribution >= 4 is 22.9 Å². The van der Waals surface area contributed by atoms with Crippen LogP contribution in [-0.2, 0) is 0 Å². The number of hydrogen-bond donors (Lipinski definition) is 2. The van der Waals surface area contributed by atoms with E-state index < -0.39 is 0 Å². The van der Waals surface area contributed by atoms with Gasteiger partial charge in [-0.25, -0.2) is 28.9 Å². The fraction of sp³-hybridized carbons (Fsp3) is 0.111. The molecule has 0 saturated heterocycles. The Kier molecular flexibility index (Phi) is 2.38. The monoisotopic (exact) mass is 276 g/mol. The number of aromatic nitrogens is 7. The molecule has 0 saturated carbocycles. The van der Waals surface area contributed by atoms with E-state index in [9.17, 15) is 4.79 Å². The number of thiocarbonyl (C=S) groups is 1. The molecule has 0 amide bonds. The molecular formula is C9H8N8OS. The molecule has 0 aliphatic carbocycles. The van der Waals surface area contributed by atoms with E-state index in [-0.39, 0.29) is 16.5 Å². The van der Waals surface area contributed by atoms with Crippen LogP contribution >= 0.6 is 12.2 Å². The standard InChI is InChI=1S/C9H8N8OS/c1-4-12-5(2-6-13-14-9(18)17(4)6)16-3-11-8(15-16)7(10)19/h2-3H,1H3,(H2,10,19)(H,14,18). The summed E-state index contributed by atoms with van der Waals surface area (Å²) in [7, 11) is 0. The van der Waals surface area contributed by atoms with Crippen LogP contribution in [0.2, 0.25) is 0 Å². The smallest absolute Gasteiger partial charge is 0.349 e. The average molecular weight is 276 g/mol. The first-order valence-corrected chi connectivity index (χ1v) is 5.63. The summed E-state index contributed by atoms with van der Waals surface area (Å²) in [5.74, 6) is 1.21. The number of aromatic amines is 1. The third-order valence-corrected chi connectivity index (χ3v) is 2.69. The molecule has 3 heterocycles. The van der Waals surface area contributed by atoms with Gasteiger partial charge >= 0.3 is 5.69 Å². The van der Waals surface area contributed by atoms with Crippen LogP contribution in [0.1, 0.15) is 11.6 Å². The van der Waals surface area contributed by atoms with Gasteiger partial charge in [0.2, 0.25) is 5.82 Å². The summed E-state index contributed by atoms with van der Waals surface area (Å²) in [6.45, 7) is 1.69. The highest BCUT2D eigenvalue weighted by molar-refractivity contribution is 7.80. The zero-order valence-corrected chi connectivity index (χ0v) is 10.5. The van der Waals surface area contributed by atoms with Crippen molar-refractivity contribution in [3.8, 4) is 5.82 Å². The van der Waals surface area contributed by atoms with E-state index in [1.807, 2.05) is 0 Å². The van der Waals surface area contributed by atoms with Crippen molar-refractivity contribution in [3.63, 3.8) is 0 Å². The Morgan fingerprint density at radius 2 is 2.32 bits per heavy atom. The van der Waals surface area contributed by atoms with Gasteiger partial charge in [-0.15, -0.1) is 5.10 Å². The third-order valence-electron chi connectivity index (χ3n) is 2.50. The Bertz CT molecular complexity index is 843. The SMILES string of the molecule is Cc1nc(-n2cnc(C(N)=S)n2)cc2n[nH]c(=O)n12. The molecule has 0 unspecified atom stereocenters. The van der Waals surface area contributed by atoms with Gasteiger partial charge in [-0.05, 0) is 6.92 Å². The maximum Gasteiger partial charge on any atom is 0.349 e. The van der Waals surface area contributed by atoms with Gasteiger partial charge in [-0.1, -0.05) is 12.2 Å². The molecule has 10 heteroatoms. The number of H-pyrrole nitrogens is 1. The van der Waals surface area contributed by atoms with E-state index >= 15 is 0 Å². The van der Waals surface area contributed by atoms with E-state index in [0.29, 0.717) is 17.3 Å².